The summed E-state index contributed by atoms with van der Waals surface area (Å²) < 4.78 is 23.1. The van der Waals surface area contributed by atoms with E-state index >= 15 is 0 Å². The maximum atomic E-state index is 11.6. The third-order valence-corrected chi connectivity index (χ3v) is 6.40. The van der Waals surface area contributed by atoms with Crippen LogP contribution >= 0.6 is 0 Å². The molecular weight excluding hydrogens is 512 g/mol. The molecule has 0 bridgehead atoms. The zero-order valence-electron chi connectivity index (χ0n) is 24.1. The number of oxazole rings is 1. The molecule has 0 aliphatic carbocycles. The zero-order chi connectivity index (χ0) is 29.0. The Bertz CT molecular complexity index is 1450. The summed E-state index contributed by atoms with van der Waals surface area (Å²) in [5, 5.41) is 17.7. The lowest BCUT2D eigenvalue weighted by molar-refractivity contribution is -0.152. The van der Waals surface area contributed by atoms with Crippen LogP contribution < -0.4 is 9.47 Å². The summed E-state index contributed by atoms with van der Waals surface area (Å²) in [4.78, 5) is 18.5. The molecule has 0 saturated carbocycles. The van der Waals surface area contributed by atoms with Crippen LogP contribution in [0.4, 0.5) is 0 Å². The largest absolute Gasteiger partial charge is 0.494 e. The molecule has 2 heterocycles. The van der Waals surface area contributed by atoms with Gasteiger partial charge in [0.25, 0.3) is 0 Å². The van der Waals surface area contributed by atoms with E-state index in [9.17, 15) is 9.90 Å². The normalized spacial score (nSPS) is 11.7. The molecule has 1 N–H and O–H groups in total. The van der Waals surface area contributed by atoms with Crippen LogP contribution in [-0.2, 0) is 24.4 Å². The highest BCUT2D eigenvalue weighted by Gasteiger charge is 2.30. The summed E-state index contributed by atoms with van der Waals surface area (Å²) in [6.07, 6.45) is 0. The molecule has 0 atom stereocenters. The summed E-state index contributed by atoms with van der Waals surface area (Å²) in [5.74, 6) is 2.61. The molecule has 10 nitrogen and oxygen atoms in total. The van der Waals surface area contributed by atoms with E-state index < -0.39 is 11.6 Å². The lowest BCUT2D eigenvalue weighted by Crippen LogP contribution is -2.38. The molecule has 0 spiro atoms. The van der Waals surface area contributed by atoms with Gasteiger partial charge in [0.15, 0.2) is 5.60 Å². The van der Waals surface area contributed by atoms with Crippen molar-refractivity contribution in [3.05, 3.63) is 76.3 Å². The molecule has 0 fully saturated rings. The number of hydrogen-bond acceptors (Lipinski definition) is 9. The average Bonchev–Trinajstić information content (AvgIpc) is 3.46. The van der Waals surface area contributed by atoms with Crippen molar-refractivity contribution in [1.29, 1.82) is 0 Å². The Morgan fingerprint density at radius 2 is 1.65 bits per heavy atom. The van der Waals surface area contributed by atoms with Crippen LogP contribution in [0.3, 0.4) is 0 Å². The summed E-state index contributed by atoms with van der Waals surface area (Å²) >= 11 is 0. The first-order valence-electron chi connectivity index (χ1n) is 13.2. The van der Waals surface area contributed by atoms with Crippen molar-refractivity contribution in [2.75, 3.05) is 6.61 Å². The number of carboxylic acids is 1. The van der Waals surface area contributed by atoms with Gasteiger partial charge in [-0.15, -0.1) is 10.2 Å². The highest BCUT2D eigenvalue weighted by molar-refractivity contribution is 5.77. The molecule has 10 heteroatoms. The molecular formula is C30H36N4O6. The van der Waals surface area contributed by atoms with Crippen molar-refractivity contribution in [2.45, 2.75) is 73.7 Å². The fraction of sp³-hybridized carbons (Fsp3) is 0.400. The van der Waals surface area contributed by atoms with Crippen molar-refractivity contribution < 1.29 is 28.2 Å². The minimum atomic E-state index is -1.34. The zero-order valence-corrected chi connectivity index (χ0v) is 24.1. The van der Waals surface area contributed by atoms with Crippen LogP contribution in [0.15, 0.2) is 45.2 Å². The van der Waals surface area contributed by atoms with Crippen LogP contribution in [0, 0.1) is 27.7 Å². The number of benzene rings is 2. The van der Waals surface area contributed by atoms with Crippen molar-refractivity contribution in [2.24, 2.45) is 0 Å². The quantitative estimate of drug-likeness (QED) is 0.232. The van der Waals surface area contributed by atoms with E-state index in [0.29, 0.717) is 49.7 Å². The van der Waals surface area contributed by atoms with Crippen molar-refractivity contribution >= 4 is 5.97 Å². The average molecular weight is 549 g/mol. The fourth-order valence-electron chi connectivity index (χ4n) is 4.38. The van der Waals surface area contributed by atoms with Gasteiger partial charge in [0.1, 0.15) is 17.3 Å². The van der Waals surface area contributed by atoms with Crippen LogP contribution in [0.1, 0.15) is 60.7 Å². The van der Waals surface area contributed by atoms with E-state index in [1.165, 1.54) is 13.8 Å². The monoisotopic (exact) mass is 548 g/mol. The standard InChI is InChI=1S/C30H36N4O6/c1-8-37-24-11-9-23(10-12-24)28-31-25(20(4)38-28)16-34(17-26-33-32-21(5)39-26)15-22-13-18(2)27(19(3)14-22)40-30(6,7)29(35)36/h9-14H,8,15-17H2,1-7H3,(H,35,36). The third-order valence-electron chi connectivity index (χ3n) is 6.40. The first-order chi connectivity index (χ1) is 18.9. The van der Waals surface area contributed by atoms with E-state index in [0.717, 1.165) is 39.5 Å². The summed E-state index contributed by atoms with van der Waals surface area (Å²) in [5.41, 5.74) is 3.06. The van der Waals surface area contributed by atoms with Crippen LogP contribution in [0.2, 0.25) is 0 Å². The number of carbonyl (C=O) groups is 1. The van der Waals surface area contributed by atoms with Gasteiger partial charge in [-0.1, -0.05) is 12.1 Å². The second-order valence-electron chi connectivity index (χ2n) is 10.3. The first kappa shape index (κ1) is 28.8. The second-order valence-corrected chi connectivity index (χ2v) is 10.3. The number of nitrogens with zero attached hydrogens (tertiary/aromatic N) is 4. The molecule has 4 aromatic rings. The second kappa shape index (κ2) is 11.9. The van der Waals surface area contributed by atoms with Gasteiger partial charge in [-0.2, -0.15) is 0 Å². The maximum Gasteiger partial charge on any atom is 0.347 e. The van der Waals surface area contributed by atoms with Gasteiger partial charge in [-0.05, 0) is 82.5 Å². The number of aryl methyl sites for hydroxylation is 4. The van der Waals surface area contributed by atoms with Gasteiger partial charge < -0.3 is 23.4 Å². The third kappa shape index (κ3) is 6.87. The topological polar surface area (TPSA) is 124 Å². The van der Waals surface area contributed by atoms with Crippen molar-refractivity contribution in [1.82, 2.24) is 20.1 Å². The number of rotatable bonds is 12. The van der Waals surface area contributed by atoms with Crippen molar-refractivity contribution in [3.63, 3.8) is 0 Å². The first-order valence-corrected chi connectivity index (χ1v) is 13.2. The Hall–Kier alpha value is -4.18. The summed E-state index contributed by atoms with van der Waals surface area (Å²) in [7, 11) is 0. The molecule has 0 aliphatic rings. The van der Waals surface area contributed by atoms with Gasteiger partial charge >= 0.3 is 5.97 Å². The Balaban J connectivity index is 1.58. The van der Waals surface area contributed by atoms with Crippen LogP contribution in [0.5, 0.6) is 11.5 Å². The van der Waals surface area contributed by atoms with E-state index in [1.807, 2.05) is 64.1 Å². The summed E-state index contributed by atoms with van der Waals surface area (Å²) in [6, 6.07) is 11.7. The Morgan fingerprint density at radius 3 is 2.23 bits per heavy atom. The van der Waals surface area contributed by atoms with Gasteiger partial charge in [0.05, 0.1) is 18.8 Å². The van der Waals surface area contributed by atoms with E-state index in [1.54, 1.807) is 6.92 Å². The Labute approximate surface area is 234 Å². The lowest BCUT2D eigenvalue weighted by Gasteiger charge is -2.25. The molecule has 0 aliphatic heterocycles. The van der Waals surface area contributed by atoms with Gasteiger partial charge in [0, 0.05) is 25.6 Å². The lowest BCUT2D eigenvalue weighted by atomic mass is 10.0. The molecule has 0 radical (unpaired) electrons. The number of aliphatic carboxylic acids is 1. The predicted molar refractivity (Wildman–Crippen MR) is 148 cm³/mol. The number of hydrogen-bond donors (Lipinski definition) is 1. The molecule has 4 rings (SSSR count). The van der Waals surface area contributed by atoms with Gasteiger partial charge in [-0.25, -0.2) is 9.78 Å². The Morgan fingerprint density at radius 1 is 0.975 bits per heavy atom. The molecule has 2 aromatic heterocycles. The summed E-state index contributed by atoms with van der Waals surface area (Å²) in [6.45, 7) is 14.6. The highest BCUT2D eigenvalue weighted by Crippen LogP contribution is 2.30. The fourth-order valence-corrected chi connectivity index (χ4v) is 4.38. The molecule has 212 valence electrons. The van der Waals surface area contributed by atoms with Crippen molar-refractivity contribution in [3.8, 4) is 23.0 Å². The molecule has 40 heavy (non-hydrogen) atoms. The number of carboxylic acid groups (broad SMARTS) is 1. The molecule has 0 unspecified atom stereocenters. The minimum Gasteiger partial charge on any atom is -0.494 e. The van der Waals surface area contributed by atoms with Gasteiger partial charge in [-0.3, -0.25) is 4.90 Å². The SMILES string of the molecule is CCOc1ccc(-c2nc(CN(Cc3cc(C)c(OC(C)(C)C(=O)O)c(C)c3)Cc3nnc(C)o3)c(C)o2)cc1. The maximum absolute atomic E-state index is 11.6. The van der Waals surface area contributed by atoms with E-state index in [4.69, 9.17) is 23.3 Å². The molecule has 0 amide bonds. The van der Waals surface area contributed by atoms with Crippen LogP contribution in [-0.4, -0.2) is 43.4 Å². The van der Waals surface area contributed by atoms with E-state index in [2.05, 4.69) is 15.1 Å². The number of aromatic nitrogens is 3. The smallest absolute Gasteiger partial charge is 0.347 e. The van der Waals surface area contributed by atoms with E-state index in [-0.39, 0.29) is 0 Å². The van der Waals surface area contributed by atoms with Gasteiger partial charge in [0.2, 0.25) is 17.7 Å². The predicted octanol–water partition coefficient (Wildman–Crippen LogP) is 5.80. The Kier molecular flexibility index (Phi) is 8.58. The molecule has 2 aromatic carbocycles. The molecule has 0 saturated heterocycles. The minimum absolute atomic E-state index is 0.411. The highest BCUT2D eigenvalue weighted by atomic mass is 16.5. The van der Waals surface area contributed by atoms with Crippen LogP contribution in [0.25, 0.3) is 11.5 Å². The number of ether oxygens (including phenoxy) is 2.